The normalized spacial score (nSPS) is 12.3. The van der Waals surface area contributed by atoms with Crippen LogP contribution in [-0.4, -0.2) is 36.6 Å². The van der Waals surface area contributed by atoms with Crippen molar-refractivity contribution in [3.05, 3.63) is 35.5 Å². The van der Waals surface area contributed by atoms with Crippen molar-refractivity contribution < 1.29 is 14.3 Å². The molecule has 0 radical (unpaired) electrons. The van der Waals surface area contributed by atoms with E-state index < -0.39 is 11.9 Å². The topological polar surface area (TPSA) is 97.2 Å². The van der Waals surface area contributed by atoms with Crippen molar-refractivity contribution in [2.45, 2.75) is 13.0 Å². The van der Waals surface area contributed by atoms with Crippen LogP contribution in [0.2, 0.25) is 0 Å². The maximum Gasteiger partial charge on any atom is 0.268 e. The molecular formula is C14H17N3O3. The first-order valence-corrected chi connectivity index (χ1v) is 6.20. The molecular weight excluding hydrogens is 258 g/mol. The molecule has 6 heteroatoms. The van der Waals surface area contributed by atoms with Crippen molar-refractivity contribution in [2.75, 3.05) is 13.7 Å². The molecule has 1 heterocycles. The van der Waals surface area contributed by atoms with Gasteiger partial charge in [0.15, 0.2) is 0 Å². The molecule has 0 fully saturated rings. The molecule has 106 valence electrons. The summed E-state index contributed by atoms with van der Waals surface area (Å²) in [5.41, 5.74) is 7.54. The van der Waals surface area contributed by atoms with Gasteiger partial charge in [-0.25, -0.2) is 0 Å². The number of amides is 2. The fourth-order valence-electron chi connectivity index (χ4n) is 2.03. The number of aromatic nitrogens is 1. The summed E-state index contributed by atoms with van der Waals surface area (Å²) < 4.78 is 4.85. The summed E-state index contributed by atoms with van der Waals surface area (Å²) in [5, 5.41) is 3.49. The minimum Gasteiger partial charge on any atom is -0.382 e. The summed E-state index contributed by atoms with van der Waals surface area (Å²) in [5.74, 6) is -1.02. The number of benzene rings is 1. The Balaban J connectivity index is 2.22. The number of ether oxygens (including phenoxy) is 1. The van der Waals surface area contributed by atoms with Crippen LogP contribution in [0.15, 0.2) is 24.3 Å². The number of nitrogens with two attached hydrogens (primary N) is 1. The highest BCUT2D eigenvalue weighted by molar-refractivity contribution is 6.00. The summed E-state index contributed by atoms with van der Waals surface area (Å²) in [6.07, 6.45) is 0. The number of para-hydroxylation sites is 1. The third kappa shape index (κ3) is 2.80. The van der Waals surface area contributed by atoms with Crippen LogP contribution in [0.4, 0.5) is 0 Å². The van der Waals surface area contributed by atoms with Crippen LogP contribution < -0.4 is 11.1 Å². The first-order chi connectivity index (χ1) is 9.52. The number of H-pyrrole nitrogens is 1. The molecule has 0 aliphatic rings. The van der Waals surface area contributed by atoms with E-state index in [-0.39, 0.29) is 12.5 Å². The van der Waals surface area contributed by atoms with Gasteiger partial charge in [0.25, 0.3) is 5.91 Å². The van der Waals surface area contributed by atoms with E-state index in [0.717, 1.165) is 16.5 Å². The monoisotopic (exact) mass is 275 g/mol. The SMILES string of the molecule is COCC(NC(=O)c1cc2cccc(C)c2[nH]1)C(N)=O. The molecule has 2 rings (SSSR count). The molecule has 0 saturated carbocycles. The Morgan fingerprint density at radius 2 is 2.20 bits per heavy atom. The Labute approximate surface area is 116 Å². The number of nitrogens with one attached hydrogen (secondary N) is 2. The van der Waals surface area contributed by atoms with Crippen molar-refractivity contribution in [2.24, 2.45) is 5.73 Å². The van der Waals surface area contributed by atoms with Crippen LogP contribution in [0, 0.1) is 6.92 Å². The molecule has 0 spiro atoms. The quantitative estimate of drug-likeness (QED) is 0.749. The number of rotatable bonds is 5. The minimum absolute atomic E-state index is 0.0420. The van der Waals surface area contributed by atoms with Gasteiger partial charge in [-0.2, -0.15) is 0 Å². The molecule has 0 saturated heterocycles. The highest BCUT2D eigenvalue weighted by Gasteiger charge is 2.19. The van der Waals surface area contributed by atoms with E-state index in [2.05, 4.69) is 10.3 Å². The van der Waals surface area contributed by atoms with Gasteiger partial charge in [-0.15, -0.1) is 0 Å². The Morgan fingerprint density at radius 1 is 1.45 bits per heavy atom. The molecule has 0 aliphatic carbocycles. The van der Waals surface area contributed by atoms with E-state index in [1.165, 1.54) is 7.11 Å². The second-order valence-corrected chi connectivity index (χ2v) is 4.61. The number of aromatic amines is 1. The lowest BCUT2D eigenvalue weighted by molar-refractivity contribution is -0.121. The highest BCUT2D eigenvalue weighted by Crippen LogP contribution is 2.18. The summed E-state index contributed by atoms with van der Waals surface area (Å²) in [6.45, 7) is 2.00. The lowest BCUT2D eigenvalue weighted by Gasteiger charge is -2.13. The fourth-order valence-corrected chi connectivity index (χ4v) is 2.03. The average molecular weight is 275 g/mol. The standard InChI is InChI=1S/C14H17N3O3/c1-8-4-3-5-9-6-10(16-12(8)9)14(19)17-11(7-20-2)13(15)18/h3-6,11,16H,7H2,1-2H3,(H2,15,18)(H,17,19). The van der Waals surface area contributed by atoms with E-state index in [1.807, 2.05) is 25.1 Å². The van der Waals surface area contributed by atoms with Gasteiger partial charge in [0.2, 0.25) is 5.91 Å². The van der Waals surface area contributed by atoms with Crippen molar-refractivity contribution in [1.82, 2.24) is 10.3 Å². The predicted molar refractivity (Wildman–Crippen MR) is 75.4 cm³/mol. The number of primary amides is 1. The van der Waals surface area contributed by atoms with E-state index >= 15 is 0 Å². The molecule has 20 heavy (non-hydrogen) atoms. The van der Waals surface area contributed by atoms with Gasteiger partial charge in [-0.1, -0.05) is 18.2 Å². The van der Waals surface area contributed by atoms with Gasteiger partial charge in [-0.3, -0.25) is 9.59 Å². The molecule has 1 aromatic carbocycles. The van der Waals surface area contributed by atoms with Crippen molar-refractivity contribution in [1.29, 1.82) is 0 Å². The summed E-state index contributed by atoms with van der Waals surface area (Å²) in [6, 6.07) is 6.68. The number of hydrogen-bond acceptors (Lipinski definition) is 3. The highest BCUT2D eigenvalue weighted by atomic mass is 16.5. The maximum absolute atomic E-state index is 12.1. The van der Waals surface area contributed by atoms with Crippen LogP contribution in [0.3, 0.4) is 0 Å². The number of methoxy groups -OCH3 is 1. The van der Waals surface area contributed by atoms with Crippen LogP contribution in [0.1, 0.15) is 16.1 Å². The first-order valence-electron chi connectivity index (χ1n) is 6.20. The Kier molecular flexibility index (Phi) is 4.05. The zero-order valence-electron chi connectivity index (χ0n) is 11.4. The van der Waals surface area contributed by atoms with Crippen LogP contribution in [0.5, 0.6) is 0 Å². The molecule has 1 atom stereocenters. The molecule has 2 aromatic rings. The van der Waals surface area contributed by atoms with Gasteiger partial charge < -0.3 is 20.8 Å². The second kappa shape index (κ2) is 5.75. The minimum atomic E-state index is -0.847. The first kappa shape index (κ1) is 14.1. The van der Waals surface area contributed by atoms with E-state index in [1.54, 1.807) is 6.07 Å². The van der Waals surface area contributed by atoms with Crippen LogP contribution in [0.25, 0.3) is 10.9 Å². The fraction of sp³-hybridized carbons (Fsp3) is 0.286. The van der Waals surface area contributed by atoms with Gasteiger partial charge in [0, 0.05) is 18.0 Å². The average Bonchev–Trinajstić information content (AvgIpc) is 2.83. The van der Waals surface area contributed by atoms with E-state index in [4.69, 9.17) is 10.5 Å². The van der Waals surface area contributed by atoms with Gasteiger partial charge in [-0.05, 0) is 18.6 Å². The molecule has 6 nitrogen and oxygen atoms in total. The number of carbonyl (C=O) groups is 2. The number of carbonyl (C=O) groups excluding carboxylic acids is 2. The van der Waals surface area contributed by atoms with Crippen molar-refractivity contribution >= 4 is 22.7 Å². The molecule has 4 N–H and O–H groups in total. The lowest BCUT2D eigenvalue weighted by atomic mass is 10.2. The van der Waals surface area contributed by atoms with E-state index in [0.29, 0.717) is 5.69 Å². The van der Waals surface area contributed by atoms with Gasteiger partial charge in [0.05, 0.1) is 6.61 Å². The Hall–Kier alpha value is -2.34. The maximum atomic E-state index is 12.1. The number of aryl methyl sites for hydroxylation is 1. The third-order valence-electron chi connectivity index (χ3n) is 3.09. The summed E-state index contributed by atoms with van der Waals surface area (Å²) >= 11 is 0. The summed E-state index contributed by atoms with van der Waals surface area (Å²) in [7, 11) is 1.44. The number of fused-ring (bicyclic) bond motifs is 1. The molecule has 0 aliphatic heterocycles. The smallest absolute Gasteiger partial charge is 0.268 e. The van der Waals surface area contributed by atoms with Gasteiger partial charge in [0.1, 0.15) is 11.7 Å². The van der Waals surface area contributed by atoms with Crippen molar-refractivity contribution in [3.8, 4) is 0 Å². The Bertz CT molecular complexity index is 648. The van der Waals surface area contributed by atoms with Crippen molar-refractivity contribution in [3.63, 3.8) is 0 Å². The summed E-state index contributed by atoms with van der Waals surface area (Å²) in [4.78, 5) is 26.4. The predicted octanol–water partition coefficient (Wildman–Crippen LogP) is 0.706. The zero-order chi connectivity index (χ0) is 14.7. The molecule has 1 aromatic heterocycles. The number of hydrogen-bond donors (Lipinski definition) is 3. The lowest BCUT2D eigenvalue weighted by Crippen LogP contribution is -2.47. The molecule has 2 amide bonds. The molecule has 1 unspecified atom stereocenters. The molecule has 0 bridgehead atoms. The zero-order valence-corrected chi connectivity index (χ0v) is 11.4. The van der Waals surface area contributed by atoms with Crippen LogP contribution >= 0.6 is 0 Å². The third-order valence-corrected chi connectivity index (χ3v) is 3.09. The van der Waals surface area contributed by atoms with Crippen LogP contribution in [-0.2, 0) is 9.53 Å². The van der Waals surface area contributed by atoms with Gasteiger partial charge >= 0.3 is 0 Å². The van der Waals surface area contributed by atoms with E-state index in [9.17, 15) is 9.59 Å². The second-order valence-electron chi connectivity index (χ2n) is 4.61. The Morgan fingerprint density at radius 3 is 2.80 bits per heavy atom. The largest absolute Gasteiger partial charge is 0.382 e.